The number of nitrogens with zero attached hydrogens (tertiary/aromatic N) is 1. The van der Waals surface area contributed by atoms with Gasteiger partial charge in [0.1, 0.15) is 5.82 Å². The Morgan fingerprint density at radius 3 is 3.27 bits per heavy atom. The van der Waals surface area contributed by atoms with Crippen molar-refractivity contribution in [2.45, 2.75) is 0 Å². The highest BCUT2D eigenvalue weighted by Gasteiger charge is 2.19. The van der Waals surface area contributed by atoms with Gasteiger partial charge in [0.05, 0.1) is 12.1 Å². The van der Waals surface area contributed by atoms with E-state index in [1.165, 1.54) is 0 Å². The van der Waals surface area contributed by atoms with E-state index in [9.17, 15) is 4.79 Å². The SMILES string of the molecule is O=C1CNc2ncc(Br)cc21. The lowest BCUT2D eigenvalue weighted by Crippen LogP contribution is -2.00. The Hall–Kier alpha value is -0.900. The first-order valence-corrected chi connectivity index (χ1v) is 3.99. The number of rotatable bonds is 0. The Labute approximate surface area is 72.0 Å². The fourth-order valence-corrected chi connectivity index (χ4v) is 1.38. The van der Waals surface area contributed by atoms with Gasteiger partial charge in [-0.05, 0) is 22.0 Å². The normalized spacial score (nSPS) is 14.5. The lowest BCUT2D eigenvalue weighted by molar-refractivity contribution is 0.101. The first kappa shape index (κ1) is 6.79. The number of ketones is 1. The first-order valence-electron chi connectivity index (χ1n) is 3.20. The summed E-state index contributed by atoms with van der Waals surface area (Å²) in [5, 5.41) is 2.90. The van der Waals surface area contributed by atoms with Crippen molar-refractivity contribution in [2.75, 3.05) is 11.9 Å². The quantitative estimate of drug-likeness (QED) is 0.709. The third-order valence-electron chi connectivity index (χ3n) is 1.57. The molecule has 0 saturated carbocycles. The predicted molar refractivity (Wildman–Crippen MR) is 44.8 cm³/mol. The molecule has 11 heavy (non-hydrogen) atoms. The van der Waals surface area contributed by atoms with Crippen LogP contribution >= 0.6 is 15.9 Å². The molecule has 0 amide bonds. The van der Waals surface area contributed by atoms with Gasteiger partial charge in [0.25, 0.3) is 0 Å². The molecule has 0 aromatic carbocycles. The number of halogens is 1. The molecule has 3 nitrogen and oxygen atoms in total. The van der Waals surface area contributed by atoms with E-state index in [2.05, 4.69) is 26.2 Å². The van der Waals surface area contributed by atoms with Gasteiger partial charge in [0.15, 0.2) is 5.78 Å². The largest absolute Gasteiger partial charge is 0.362 e. The van der Waals surface area contributed by atoms with Gasteiger partial charge >= 0.3 is 0 Å². The van der Waals surface area contributed by atoms with Crippen LogP contribution in [0.5, 0.6) is 0 Å². The zero-order valence-corrected chi connectivity index (χ0v) is 7.18. The molecular weight excluding hydrogens is 208 g/mol. The summed E-state index contributed by atoms with van der Waals surface area (Å²) in [5.74, 6) is 0.798. The van der Waals surface area contributed by atoms with Crippen LogP contribution in [0.2, 0.25) is 0 Å². The van der Waals surface area contributed by atoms with Crippen molar-refractivity contribution in [2.24, 2.45) is 0 Å². The predicted octanol–water partition coefficient (Wildman–Crippen LogP) is 1.45. The van der Waals surface area contributed by atoms with Gasteiger partial charge in [-0.1, -0.05) is 0 Å². The number of carbonyl (C=O) groups excluding carboxylic acids is 1. The summed E-state index contributed by atoms with van der Waals surface area (Å²) in [6.45, 7) is 0.374. The highest BCUT2D eigenvalue weighted by Crippen LogP contribution is 2.22. The van der Waals surface area contributed by atoms with Crippen LogP contribution in [0.15, 0.2) is 16.7 Å². The van der Waals surface area contributed by atoms with Gasteiger partial charge in [-0.2, -0.15) is 0 Å². The minimum atomic E-state index is 0.105. The molecule has 1 aromatic rings. The molecule has 0 atom stereocenters. The Morgan fingerprint density at radius 2 is 2.45 bits per heavy atom. The third kappa shape index (κ3) is 1.03. The number of hydrogen-bond acceptors (Lipinski definition) is 3. The Morgan fingerprint density at radius 1 is 1.64 bits per heavy atom. The zero-order valence-electron chi connectivity index (χ0n) is 5.60. The number of hydrogen-bond donors (Lipinski definition) is 1. The maximum Gasteiger partial charge on any atom is 0.185 e. The van der Waals surface area contributed by atoms with E-state index in [-0.39, 0.29) is 5.78 Å². The Balaban J connectivity index is 2.60. The van der Waals surface area contributed by atoms with Crippen LogP contribution in [0.3, 0.4) is 0 Å². The number of fused-ring (bicyclic) bond motifs is 1. The number of anilines is 1. The second-order valence-electron chi connectivity index (χ2n) is 2.33. The van der Waals surface area contributed by atoms with E-state index in [0.29, 0.717) is 17.9 Å². The number of aromatic nitrogens is 1. The average molecular weight is 213 g/mol. The second kappa shape index (κ2) is 2.30. The molecule has 0 bridgehead atoms. The standard InChI is InChI=1S/C7H5BrN2O/c8-4-1-5-6(11)3-10-7(5)9-2-4/h1-2H,3H2,(H,9,10). The highest BCUT2D eigenvalue weighted by molar-refractivity contribution is 9.10. The van der Waals surface area contributed by atoms with Crippen molar-refractivity contribution < 1.29 is 4.79 Å². The molecule has 0 unspecified atom stereocenters. The summed E-state index contributed by atoms with van der Waals surface area (Å²) in [6.07, 6.45) is 1.67. The van der Waals surface area contributed by atoms with E-state index in [1.807, 2.05) is 0 Å². The van der Waals surface area contributed by atoms with Gasteiger partial charge in [0.2, 0.25) is 0 Å². The minimum absolute atomic E-state index is 0.105. The molecule has 2 rings (SSSR count). The van der Waals surface area contributed by atoms with Crippen LogP contribution in [0.25, 0.3) is 0 Å². The fourth-order valence-electron chi connectivity index (χ4n) is 1.05. The summed E-state index contributed by atoms with van der Waals surface area (Å²) >= 11 is 3.25. The molecule has 56 valence electrons. The van der Waals surface area contributed by atoms with Crippen molar-refractivity contribution in [3.05, 3.63) is 22.3 Å². The van der Waals surface area contributed by atoms with E-state index < -0.39 is 0 Å². The van der Waals surface area contributed by atoms with Crippen molar-refractivity contribution >= 4 is 27.5 Å². The van der Waals surface area contributed by atoms with Crippen molar-refractivity contribution in [3.8, 4) is 0 Å². The van der Waals surface area contributed by atoms with Gasteiger partial charge in [-0.15, -0.1) is 0 Å². The van der Waals surface area contributed by atoms with Crippen LogP contribution in [0, 0.1) is 0 Å². The van der Waals surface area contributed by atoms with Gasteiger partial charge in [-0.25, -0.2) is 4.98 Å². The van der Waals surface area contributed by atoms with Gasteiger partial charge in [0, 0.05) is 10.7 Å². The van der Waals surface area contributed by atoms with Crippen LogP contribution in [0.1, 0.15) is 10.4 Å². The minimum Gasteiger partial charge on any atom is -0.362 e. The lowest BCUT2D eigenvalue weighted by Gasteiger charge is -1.95. The van der Waals surface area contributed by atoms with Gasteiger partial charge < -0.3 is 5.32 Å². The summed E-state index contributed by atoms with van der Waals surface area (Å²) < 4.78 is 0.841. The van der Waals surface area contributed by atoms with E-state index in [0.717, 1.165) is 4.47 Å². The molecule has 0 aliphatic carbocycles. The maximum absolute atomic E-state index is 11.1. The molecule has 0 fully saturated rings. The maximum atomic E-state index is 11.1. The molecule has 0 saturated heterocycles. The smallest absolute Gasteiger partial charge is 0.185 e. The zero-order chi connectivity index (χ0) is 7.84. The summed E-state index contributed by atoms with van der Waals surface area (Å²) in [5.41, 5.74) is 0.680. The van der Waals surface area contributed by atoms with E-state index >= 15 is 0 Å². The topological polar surface area (TPSA) is 42.0 Å². The Kier molecular flexibility index (Phi) is 1.42. The van der Waals surface area contributed by atoms with Crippen molar-refractivity contribution in [1.82, 2.24) is 4.98 Å². The molecule has 1 aromatic heterocycles. The monoisotopic (exact) mass is 212 g/mol. The molecule has 0 radical (unpaired) electrons. The van der Waals surface area contributed by atoms with Crippen LogP contribution in [0.4, 0.5) is 5.82 Å². The van der Waals surface area contributed by atoms with Crippen molar-refractivity contribution in [3.63, 3.8) is 0 Å². The highest BCUT2D eigenvalue weighted by atomic mass is 79.9. The summed E-state index contributed by atoms with van der Waals surface area (Å²) in [6, 6.07) is 1.78. The summed E-state index contributed by atoms with van der Waals surface area (Å²) in [7, 11) is 0. The molecule has 4 heteroatoms. The molecular formula is C7H5BrN2O. The molecule has 1 N–H and O–H groups in total. The molecule has 1 aliphatic heterocycles. The molecule has 2 heterocycles. The number of pyridine rings is 1. The lowest BCUT2D eigenvalue weighted by atomic mass is 10.2. The fraction of sp³-hybridized carbons (Fsp3) is 0.143. The Bertz CT molecular complexity index is 324. The van der Waals surface area contributed by atoms with E-state index in [1.54, 1.807) is 12.3 Å². The van der Waals surface area contributed by atoms with Crippen LogP contribution in [-0.2, 0) is 0 Å². The van der Waals surface area contributed by atoms with Gasteiger partial charge in [-0.3, -0.25) is 4.79 Å². The number of carbonyl (C=O) groups is 1. The van der Waals surface area contributed by atoms with E-state index in [4.69, 9.17) is 0 Å². The molecule has 0 spiro atoms. The third-order valence-corrected chi connectivity index (χ3v) is 2.00. The molecule has 1 aliphatic rings. The summed E-state index contributed by atoms with van der Waals surface area (Å²) in [4.78, 5) is 15.1. The average Bonchev–Trinajstić information content (AvgIpc) is 2.33. The number of nitrogens with one attached hydrogen (secondary N) is 1. The van der Waals surface area contributed by atoms with Crippen molar-refractivity contribution in [1.29, 1.82) is 0 Å². The first-order chi connectivity index (χ1) is 5.27. The van der Waals surface area contributed by atoms with Crippen LogP contribution in [-0.4, -0.2) is 17.3 Å². The second-order valence-corrected chi connectivity index (χ2v) is 3.24. The van der Waals surface area contributed by atoms with Crippen LogP contribution < -0.4 is 5.32 Å². The number of Topliss-reactive ketones (excluding diaryl/α,β-unsaturated/α-hetero) is 1.